The lowest BCUT2D eigenvalue weighted by molar-refractivity contribution is -0.161. The van der Waals surface area contributed by atoms with Gasteiger partial charge < -0.3 is 33.8 Å². The zero-order chi connectivity index (χ0) is 69.0. The summed E-state index contributed by atoms with van der Waals surface area (Å²) in [6.07, 6.45) is 67.3. The first kappa shape index (κ1) is 90.2. The summed E-state index contributed by atoms with van der Waals surface area (Å²) in [5, 5.41) is 10.6. The van der Waals surface area contributed by atoms with Crippen LogP contribution < -0.4 is 0 Å². The van der Waals surface area contributed by atoms with Crippen LogP contribution in [0.15, 0.2) is 85.1 Å². The zero-order valence-electron chi connectivity index (χ0n) is 59.1. The van der Waals surface area contributed by atoms with Crippen molar-refractivity contribution in [2.24, 2.45) is 0 Å². The molecule has 5 atom stereocenters. The van der Waals surface area contributed by atoms with Crippen molar-refractivity contribution < 1.29 is 80.2 Å². The van der Waals surface area contributed by atoms with Gasteiger partial charge in [0.05, 0.1) is 26.4 Å². The quantitative estimate of drug-likeness (QED) is 0.0169. The second-order valence-corrected chi connectivity index (χ2v) is 27.4. The van der Waals surface area contributed by atoms with Crippen molar-refractivity contribution in [2.45, 2.75) is 329 Å². The zero-order valence-corrected chi connectivity index (χ0v) is 60.9. The molecule has 0 heterocycles. The molecule has 0 aromatic carbocycles. The number of carbonyl (C=O) groups excluding carboxylic acids is 4. The maximum atomic E-state index is 13.0. The van der Waals surface area contributed by atoms with Crippen molar-refractivity contribution in [2.75, 3.05) is 39.6 Å². The number of esters is 4. The van der Waals surface area contributed by atoms with Gasteiger partial charge in [-0.2, -0.15) is 0 Å². The molecule has 94 heavy (non-hydrogen) atoms. The molecule has 544 valence electrons. The number of allylic oxidation sites excluding steroid dienone is 14. The number of rotatable bonds is 69. The van der Waals surface area contributed by atoms with Crippen LogP contribution in [0.25, 0.3) is 0 Å². The van der Waals surface area contributed by atoms with Crippen molar-refractivity contribution in [3.8, 4) is 0 Å². The summed E-state index contributed by atoms with van der Waals surface area (Å²) in [6.45, 7) is 4.64. The molecule has 0 aliphatic rings. The van der Waals surface area contributed by atoms with E-state index in [1.807, 2.05) is 0 Å². The Kier molecular flexibility index (Phi) is 65.1. The first-order valence-electron chi connectivity index (χ1n) is 36.8. The highest BCUT2D eigenvalue weighted by Crippen LogP contribution is 2.45. The summed E-state index contributed by atoms with van der Waals surface area (Å²) in [6, 6.07) is 0. The van der Waals surface area contributed by atoms with Crippen LogP contribution in [0.5, 0.6) is 0 Å². The Morgan fingerprint density at radius 2 is 0.574 bits per heavy atom. The van der Waals surface area contributed by atoms with Crippen molar-refractivity contribution in [3.63, 3.8) is 0 Å². The van der Waals surface area contributed by atoms with E-state index in [4.69, 9.17) is 37.0 Å². The third-order valence-corrected chi connectivity index (χ3v) is 17.3. The van der Waals surface area contributed by atoms with Gasteiger partial charge in [-0.3, -0.25) is 37.3 Å². The van der Waals surface area contributed by atoms with Crippen LogP contribution in [-0.2, 0) is 65.4 Å². The highest BCUT2D eigenvalue weighted by molar-refractivity contribution is 7.47. The van der Waals surface area contributed by atoms with Crippen molar-refractivity contribution in [3.05, 3.63) is 85.1 Å². The Morgan fingerprint density at radius 3 is 0.904 bits per heavy atom. The van der Waals surface area contributed by atoms with Crippen LogP contribution >= 0.6 is 15.6 Å². The smallest absolute Gasteiger partial charge is 0.462 e. The summed E-state index contributed by atoms with van der Waals surface area (Å²) in [7, 11) is -9.94. The van der Waals surface area contributed by atoms with Crippen molar-refractivity contribution in [1.29, 1.82) is 0 Å². The summed E-state index contributed by atoms with van der Waals surface area (Å²) >= 11 is 0. The van der Waals surface area contributed by atoms with E-state index in [9.17, 15) is 43.2 Å². The molecule has 0 saturated heterocycles. The lowest BCUT2D eigenvalue weighted by Crippen LogP contribution is -2.30. The highest BCUT2D eigenvalue weighted by atomic mass is 31.2. The first-order valence-corrected chi connectivity index (χ1v) is 39.8. The third-order valence-electron chi connectivity index (χ3n) is 15.4. The van der Waals surface area contributed by atoms with E-state index in [2.05, 4.69) is 113 Å². The minimum Gasteiger partial charge on any atom is -0.462 e. The molecule has 0 aromatic rings. The summed E-state index contributed by atoms with van der Waals surface area (Å²) < 4.78 is 68.3. The molecule has 17 nitrogen and oxygen atoms in total. The Labute approximate surface area is 570 Å². The number of aliphatic hydroxyl groups excluding tert-OH is 1. The van der Waals surface area contributed by atoms with Gasteiger partial charge in [-0.25, -0.2) is 9.13 Å². The number of unbranched alkanes of at least 4 members (excludes halogenated alkanes) is 29. The van der Waals surface area contributed by atoms with Gasteiger partial charge in [0, 0.05) is 25.7 Å². The second-order valence-electron chi connectivity index (χ2n) is 24.5. The number of phosphoric acid groups is 2. The number of hydrogen-bond acceptors (Lipinski definition) is 15. The maximum absolute atomic E-state index is 13.0. The monoisotopic (exact) mass is 1370 g/mol. The van der Waals surface area contributed by atoms with Gasteiger partial charge in [0.2, 0.25) is 0 Å². The third kappa shape index (κ3) is 66.8. The molecule has 0 aromatic heterocycles. The van der Waals surface area contributed by atoms with Gasteiger partial charge in [0.25, 0.3) is 0 Å². The van der Waals surface area contributed by atoms with E-state index in [1.54, 1.807) is 0 Å². The van der Waals surface area contributed by atoms with Crippen molar-refractivity contribution in [1.82, 2.24) is 0 Å². The lowest BCUT2D eigenvalue weighted by atomic mass is 10.1. The Hall–Kier alpha value is -3.76. The fourth-order valence-electron chi connectivity index (χ4n) is 9.76. The summed E-state index contributed by atoms with van der Waals surface area (Å²) in [5.74, 6) is -2.21. The molecule has 0 rings (SSSR count). The fourth-order valence-corrected chi connectivity index (χ4v) is 11.3. The number of carbonyl (C=O) groups is 4. The van der Waals surface area contributed by atoms with E-state index in [-0.39, 0.29) is 25.7 Å². The minimum absolute atomic E-state index is 0.0719. The number of hydrogen-bond donors (Lipinski definition) is 3. The van der Waals surface area contributed by atoms with E-state index in [0.717, 1.165) is 148 Å². The molecule has 0 spiro atoms. The Morgan fingerprint density at radius 1 is 0.309 bits per heavy atom. The number of ether oxygens (including phenoxy) is 4. The van der Waals surface area contributed by atoms with Gasteiger partial charge in [0.1, 0.15) is 19.3 Å². The minimum atomic E-state index is -4.98. The summed E-state index contributed by atoms with van der Waals surface area (Å²) in [5.41, 5.74) is 0. The van der Waals surface area contributed by atoms with Crippen LogP contribution in [0.2, 0.25) is 0 Å². The maximum Gasteiger partial charge on any atom is 0.472 e. The number of phosphoric ester groups is 2. The topological polar surface area (TPSA) is 237 Å². The van der Waals surface area contributed by atoms with E-state index < -0.39 is 97.5 Å². The van der Waals surface area contributed by atoms with Crippen LogP contribution in [0, 0.1) is 0 Å². The largest absolute Gasteiger partial charge is 0.472 e. The molecule has 0 fully saturated rings. The molecule has 3 N–H and O–H groups in total. The molecule has 0 aliphatic heterocycles. The fraction of sp³-hybridized carbons (Fsp3) is 0.760. The van der Waals surface area contributed by atoms with Gasteiger partial charge in [-0.1, -0.05) is 273 Å². The molecule has 0 bridgehead atoms. The predicted octanol–water partition coefficient (Wildman–Crippen LogP) is 20.7. The standard InChI is InChI=1S/C75H132O17P2/c1-5-9-13-17-21-25-29-31-32-33-34-35-36-38-41-44-48-52-56-60-73(78)86-66-71(92-75(80)62-58-54-50-46-42-37-30-26-22-18-14-10-6-2)68-90-94(83,84)88-64-69(76)63-87-93(81,82)89-67-70(91-74(79)61-57-53-49-45-40-28-24-20-16-12-8-4)65-85-72(77)59-55-51-47-43-39-27-23-19-15-11-7-3/h9,13-14,18,21,25-26,30-32,34-35,38,41,69-71,76H,5-8,10-12,15-17,19-20,22-24,27-29,33,36-37,39-40,42-68H2,1-4H3,(H,81,82)(H,83,84)/b13-9-,18-14-,25-21-,30-26-,32-31-,35-34-,41-38-. The SMILES string of the molecule is CC/C=C\C/C=C\C/C=C\C/C=C\C/C=C\CCCCCC(=O)OCC(COP(=O)(O)OCC(O)COP(=O)(O)OCC(COC(=O)CCCCCCCCCCCCC)OC(=O)CCCCCCCCCCCCC)OC(=O)CCCCCCC/C=C\C/C=C\CCC. The lowest BCUT2D eigenvalue weighted by Gasteiger charge is -2.21. The van der Waals surface area contributed by atoms with Crippen LogP contribution in [0.3, 0.4) is 0 Å². The van der Waals surface area contributed by atoms with E-state index in [0.29, 0.717) is 25.7 Å². The number of aliphatic hydroxyl groups is 1. The second kappa shape index (κ2) is 67.8. The summed E-state index contributed by atoms with van der Waals surface area (Å²) in [4.78, 5) is 72.6. The van der Waals surface area contributed by atoms with Crippen LogP contribution in [0.1, 0.15) is 310 Å². The Balaban J connectivity index is 5.32. The van der Waals surface area contributed by atoms with E-state index in [1.165, 1.54) is 83.5 Å². The molecule has 0 amide bonds. The molecular formula is C75H132O17P2. The van der Waals surface area contributed by atoms with Gasteiger partial charge in [-0.15, -0.1) is 0 Å². The van der Waals surface area contributed by atoms with Gasteiger partial charge in [-0.05, 0) is 96.3 Å². The van der Waals surface area contributed by atoms with Crippen LogP contribution in [0.4, 0.5) is 0 Å². The predicted molar refractivity (Wildman–Crippen MR) is 381 cm³/mol. The van der Waals surface area contributed by atoms with Gasteiger partial charge >= 0.3 is 39.5 Å². The Bertz CT molecular complexity index is 2120. The highest BCUT2D eigenvalue weighted by Gasteiger charge is 2.30. The molecule has 0 saturated carbocycles. The van der Waals surface area contributed by atoms with Crippen molar-refractivity contribution >= 4 is 39.5 Å². The van der Waals surface area contributed by atoms with Gasteiger partial charge in [0.15, 0.2) is 12.2 Å². The average molecular weight is 1370 g/mol. The molecular weight excluding hydrogens is 1230 g/mol. The average Bonchev–Trinajstić information content (AvgIpc) is 1.73. The molecule has 0 aliphatic carbocycles. The van der Waals surface area contributed by atoms with E-state index >= 15 is 0 Å². The molecule has 19 heteroatoms. The first-order chi connectivity index (χ1) is 45.7. The van der Waals surface area contributed by atoms with Crippen LogP contribution in [-0.4, -0.2) is 96.7 Å². The molecule has 5 unspecified atom stereocenters. The normalized spacial score (nSPS) is 14.5. The molecule has 0 radical (unpaired) electrons.